The van der Waals surface area contributed by atoms with Crippen LogP contribution >= 0.6 is 0 Å². The number of nitrogens with one attached hydrogen (secondary N) is 1. The van der Waals surface area contributed by atoms with Gasteiger partial charge in [0, 0.05) is 6.21 Å². The molecule has 0 aliphatic carbocycles. The molecule has 130 valence electrons. The predicted molar refractivity (Wildman–Crippen MR) is 103 cm³/mol. The Hall–Kier alpha value is -2.88. The van der Waals surface area contributed by atoms with Crippen LogP contribution in [0.5, 0.6) is 5.75 Å². The largest absolute Gasteiger partial charge is 0.484 e. The summed E-state index contributed by atoms with van der Waals surface area (Å²) in [5, 5.41) is 3.86. The molecule has 2 aromatic carbocycles. The van der Waals surface area contributed by atoms with E-state index in [0.29, 0.717) is 5.75 Å². The number of ether oxygens (including phenoxy) is 1. The second-order valence-corrected chi connectivity index (χ2v) is 5.62. The summed E-state index contributed by atoms with van der Waals surface area (Å²) in [4.78, 5) is 11.7. The van der Waals surface area contributed by atoms with Crippen LogP contribution in [-0.4, -0.2) is 18.7 Å². The van der Waals surface area contributed by atoms with Crippen LogP contribution in [0.15, 0.2) is 65.8 Å². The lowest BCUT2D eigenvalue weighted by molar-refractivity contribution is -0.123. The van der Waals surface area contributed by atoms with Crippen LogP contribution in [-0.2, 0) is 11.2 Å². The van der Waals surface area contributed by atoms with Gasteiger partial charge in [0.15, 0.2) is 6.61 Å². The Kier molecular flexibility index (Phi) is 7.98. The molecule has 0 saturated carbocycles. The van der Waals surface area contributed by atoms with Gasteiger partial charge in [0.05, 0.1) is 0 Å². The Balaban J connectivity index is 1.68. The third-order valence-corrected chi connectivity index (χ3v) is 3.55. The van der Waals surface area contributed by atoms with Gasteiger partial charge in [0.25, 0.3) is 5.91 Å². The molecule has 0 aromatic heterocycles. The fraction of sp³-hybridized carbons (Fsp3) is 0.238. The Labute approximate surface area is 149 Å². The highest BCUT2D eigenvalue weighted by molar-refractivity contribution is 5.81. The number of hydrogen-bond donors (Lipinski definition) is 1. The van der Waals surface area contributed by atoms with Crippen molar-refractivity contribution >= 4 is 18.2 Å². The molecule has 2 aromatic rings. The van der Waals surface area contributed by atoms with Crippen molar-refractivity contribution in [2.45, 2.75) is 26.2 Å². The first-order valence-corrected chi connectivity index (χ1v) is 8.53. The van der Waals surface area contributed by atoms with E-state index in [9.17, 15) is 4.79 Å². The van der Waals surface area contributed by atoms with Crippen LogP contribution < -0.4 is 10.2 Å². The molecule has 0 fully saturated rings. The van der Waals surface area contributed by atoms with E-state index in [0.717, 1.165) is 12.0 Å². The average Bonchev–Trinajstić information content (AvgIpc) is 2.66. The number of allylic oxidation sites excluding steroid dienone is 1. The van der Waals surface area contributed by atoms with Crippen molar-refractivity contribution in [3.63, 3.8) is 0 Å². The minimum atomic E-state index is -0.292. The molecule has 1 amide bonds. The van der Waals surface area contributed by atoms with Crippen LogP contribution in [0.2, 0.25) is 0 Å². The van der Waals surface area contributed by atoms with Gasteiger partial charge < -0.3 is 4.74 Å². The van der Waals surface area contributed by atoms with Gasteiger partial charge in [0.1, 0.15) is 5.75 Å². The monoisotopic (exact) mass is 336 g/mol. The molecule has 2 rings (SSSR count). The molecule has 0 radical (unpaired) electrons. The standard InChI is InChI=1S/C21H24N2O2/c1-2-3-8-19-12-14-20(15-13-19)25-17-21(24)23-22-16-7-11-18-9-5-4-6-10-18/h4-7,9-16H,2-3,8,17H2,1H3,(H,23,24)/b11-7+,22-16-. The van der Waals surface area contributed by atoms with Gasteiger partial charge in [-0.3, -0.25) is 4.79 Å². The highest BCUT2D eigenvalue weighted by atomic mass is 16.5. The van der Waals surface area contributed by atoms with Crippen LogP contribution in [0.3, 0.4) is 0 Å². The van der Waals surface area contributed by atoms with Crippen LogP contribution in [0.1, 0.15) is 30.9 Å². The van der Waals surface area contributed by atoms with Gasteiger partial charge in [0.2, 0.25) is 0 Å². The number of carbonyl (C=O) groups excluding carboxylic acids is 1. The summed E-state index contributed by atoms with van der Waals surface area (Å²) in [7, 11) is 0. The van der Waals surface area contributed by atoms with Gasteiger partial charge in [-0.25, -0.2) is 5.43 Å². The normalized spacial score (nSPS) is 11.1. The Morgan fingerprint density at radius 3 is 2.60 bits per heavy atom. The maximum atomic E-state index is 11.7. The molecule has 0 aliphatic heterocycles. The minimum Gasteiger partial charge on any atom is -0.484 e. The average molecular weight is 336 g/mol. The molecule has 0 atom stereocenters. The van der Waals surface area contributed by atoms with Crippen LogP contribution in [0.4, 0.5) is 0 Å². The summed E-state index contributed by atoms with van der Waals surface area (Å²) in [6, 6.07) is 17.7. The first-order chi connectivity index (χ1) is 12.3. The summed E-state index contributed by atoms with van der Waals surface area (Å²) < 4.78 is 5.45. The van der Waals surface area contributed by atoms with E-state index in [-0.39, 0.29) is 12.5 Å². The van der Waals surface area contributed by atoms with Crippen molar-refractivity contribution in [2.75, 3.05) is 6.61 Å². The second kappa shape index (κ2) is 10.8. The zero-order chi connectivity index (χ0) is 17.7. The number of hydrazone groups is 1. The van der Waals surface area contributed by atoms with E-state index in [1.54, 1.807) is 6.08 Å². The van der Waals surface area contributed by atoms with E-state index in [1.807, 2.05) is 60.7 Å². The quantitative estimate of drug-likeness (QED) is 0.550. The van der Waals surface area contributed by atoms with Crippen molar-refractivity contribution in [3.05, 3.63) is 71.8 Å². The lowest BCUT2D eigenvalue weighted by Crippen LogP contribution is -2.24. The number of nitrogens with zero attached hydrogens (tertiary/aromatic N) is 1. The number of carbonyl (C=O) groups is 1. The van der Waals surface area contributed by atoms with Gasteiger partial charge in [-0.2, -0.15) is 5.10 Å². The van der Waals surface area contributed by atoms with Gasteiger partial charge in [-0.05, 0) is 42.2 Å². The van der Waals surface area contributed by atoms with Crippen LogP contribution in [0.25, 0.3) is 6.08 Å². The summed E-state index contributed by atoms with van der Waals surface area (Å²) in [6.07, 6.45) is 8.65. The fourth-order valence-electron chi connectivity index (χ4n) is 2.18. The molecule has 0 spiro atoms. The van der Waals surface area contributed by atoms with Gasteiger partial charge >= 0.3 is 0 Å². The first kappa shape index (κ1) is 18.5. The van der Waals surface area contributed by atoms with Crippen molar-refractivity contribution in [1.82, 2.24) is 5.43 Å². The van der Waals surface area contributed by atoms with Crippen molar-refractivity contribution in [1.29, 1.82) is 0 Å². The number of rotatable bonds is 9. The lowest BCUT2D eigenvalue weighted by atomic mass is 10.1. The summed E-state index contributed by atoms with van der Waals surface area (Å²) in [5.74, 6) is 0.391. The molecule has 0 saturated heterocycles. The minimum absolute atomic E-state index is 0.0615. The smallest absolute Gasteiger partial charge is 0.277 e. The van der Waals surface area contributed by atoms with Gasteiger partial charge in [-0.15, -0.1) is 0 Å². The maximum Gasteiger partial charge on any atom is 0.277 e. The molecule has 1 N–H and O–H groups in total. The number of unbranched alkanes of at least 4 members (excludes halogenated alkanes) is 1. The number of aryl methyl sites for hydroxylation is 1. The molecule has 0 bridgehead atoms. The molecular formula is C21H24N2O2. The zero-order valence-electron chi connectivity index (χ0n) is 14.5. The maximum absolute atomic E-state index is 11.7. The number of amides is 1. The van der Waals surface area contributed by atoms with E-state index in [1.165, 1.54) is 24.6 Å². The third kappa shape index (κ3) is 7.48. The highest BCUT2D eigenvalue weighted by Gasteiger charge is 2.01. The van der Waals surface area contributed by atoms with Crippen molar-refractivity contribution in [3.8, 4) is 5.75 Å². The van der Waals surface area contributed by atoms with E-state index in [4.69, 9.17) is 4.74 Å². The SMILES string of the molecule is CCCCc1ccc(OCC(=O)N/N=C\C=C\c2ccccc2)cc1. The first-order valence-electron chi connectivity index (χ1n) is 8.53. The van der Waals surface area contributed by atoms with Gasteiger partial charge in [-0.1, -0.05) is 61.9 Å². The molecule has 4 heteroatoms. The summed E-state index contributed by atoms with van der Waals surface area (Å²) in [5.41, 5.74) is 4.79. The van der Waals surface area contributed by atoms with E-state index < -0.39 is 0 Å². The predicted octanol–water partition coefficient (Wildman–Crippen LogP) is 4.22. The topological polar surface area (TPSA) is 50.7 Å². The number of benzene rings is 2. The molecular weight excluding hydrogens is 312 g/mol. The zero-order valence-corrected chi connectivity index (χ0v) is 14.5. The summed E-state index contributed by atoms with van der Waals surface area (Å²) in [6.45, 7) is 2.12. The molecule has 25 heavy (non-hydrogen) atoms. The highest BCUT2D eigenvalue weighted by Crippen LogP contribution is 2.13. The van der Waals surface area contributed by atoms with Crippen molar-refractivity contribution in [2.24, 2.45) is 5.10 Å². The van der Waals surface area contributed by atoms with Crippen LogP contribution in [0, 0.1) is 0 Å². The Morgan fingerprint density at radius 2 is 1.88 bits per heavy atom. The second-order valence-electron chi connectivity index (χ2n) is 5.62. The Morgan fingerprint density at radius 1 is 1.12 bits per heavy atom. The third-order valence-electron chi connectivity index (χ3n) is 3.55. The molecule has 0 unspecified atom stereocenters. The lowest BCUT2D eigenvalue weighted by Gasteiger charge is -2.06. The molecule has 0 aliphatic rings. The summed E-state index contributed by atoms with van der Waals surface area (Å²) >= 11 is 0. The fourth-order valence-corrected chi connectivity index (χ4v) is 2.18. The van der Waals surface area contributed by atoms with E-state index >= 15 is 0 Å². The number of hydrogen-bond acceptors (Lipinski definition) is 3. The molecule has 0 heterocycles. The Bertz CT molecular complexity index is 692. The van der Waals surface area contributed by atoms with Crippen molar-refractivity contribution < 1.29 is 9.53 Å². The van der Waals surface area contributed by atoms with E-state index in [2.05, 4.69) is 17.5 Å². The molecule has 4 nitrogen and oxygen atoms in total.